The lowest BCUT2D eigenvalue weighted by molar-refractivity contribution is -0.140. The van der Waals surface area contributed by atoms with Crippen LogP contribution in [-0.2, 0) is 13.9 Å². The zero-order valence-electron chi connectivity index (χ0n) is 8.65. The molecule has 0 heterocycles. The Morgan fingerprint density at radius 1 is 1.60 bits per heavy atom. The van der Waals surface area contributed by atoms with Gasteiger partial charge in [-0.15, -0.1) is 23.2 Å². The van der Waals surface area contributed by atoms with Crippen molar-refractivity contribution < 1.29 is 19.0 Å². The molecule has 0 bridgehead atoms. The summed E-state index contributed by atoms with van der Waals surface area (Å²) in [4.78, 5) is 10.8. The van der Waals surface area contributed by atoms with E-state index >= 15 is 0 Å². The molecule has 0 radical (unpaired) electrons. The van der Waals surface area contributed by atoms with Gasteiger partial charge in [-0.2, -0.15) is 0 Å². The lowest BCUT2D eigenvalue weighted by Crippen LogP contribution is -2.26. The fourth-order valence-corrected chi connectivity index (χ4v) is 3.33. The summed E-state index contributed by atoms with van der Waals surface area (Å²) >= 11 is 11.1. The molecule has 0 aromatic carbocycles. The maximum Gasteiger partial charge on any atom is 0.308 e. The Kier molecular flexibility index (Phi) is 6.85. The second-order valence-corrected chi connectivity index (χ2v) is 7.06. The van der Waals surface area contributed by atoms with Crippen molar-refractivity contribution in [2.45, 2.75) is 12.3 Å². The predicted octanol–water partition coefficient (Wildman–Crippen LogP) is 2.48. The van der Waals surface area contributed by atoms with Crippen LogP contribution in [0.15, 0.2) is 0 Å². The van der Waals surface area contributed by atoms with E-state index < -0.39 is 24.6 Å². The second-order valence-electron chi connectivity index (χ2n) is 3.34. The summed E-state index contributed by atoms with van der Waals surface area (Å²) in [5.74, 6) is -1.70. The molecular formula is C8H15Cl2O4P. The number of halogens is 2. The molecule has 1 N–H and O–H groups in total. The fourth-order valence-electron chi connectivity index (χ4n) is 1.06. The number of rotatable bonds is 7. The third-order valence-corrected chi connectivity index (χ3v) is 4.09. The van der Waals surface area contributed by atoms with Crippen LogP contribution in [0.1, 0.15) is 6.92 Å². The lowest BCUT2D eigenvalue weighted by atomic mass is 10.1. The Bertz CT molecular complexity index is 257. The van der Waals surface area contributed by atoms with Gasteiger partial charge < -0.3 is 9.63 Å². The van der Waals surface area contributed by atoms with Crippen LogP contribution in [0.25, 0.3) is 0 Å². The van der Waals surface area contributed by atoms with Gasteiger partial charge >= 0.3 is 5.97 Å². The highest BCUT2D eigenvalue weighted by molar-refractivity contribution is 7.58. The van der Waals surface area contributed by atoms with E-state index in [1.807, 2.05) is 0 Å². The van der Waals surface area contributed by atoms with Crippen molar-refractivity contribution in [2.24, 2.45) is 5.92 Å². The zero-order chi connectivity index (χ0) is 12.1. The van der Waals surface area contributed by atoms with Crippen molar-refractivity contribution >= 4 is 36.5 Å². The van der Waals surface area contributed by atoms with Gasteiger partial charge in [0.1, 0.15) is 0 Å². The van der Waals surface area contributed by atoms with E-state index in [4.69, 9.17) is 32.8 Å². The minimum atomic E-state index is -2.92. The van der Waals surface area contributed by atoms with E-state index in [9.17, 15) is 9.36 Å². The molecule has 7 heteroatoms. The van der Waals surface area contributed by atoms with Crippen LogP contribution >= 0.6 is 30.6 Å². The summed E-state index contributed by atoms with van der Waals surface area (Å²) in [5.41, 5.74) is 0. The van der Waals surface area contributed by atoms with Crippen LogP contribution in [0.5, 0.6) is 0 Å². The quantitative estimate of drug-likeness (QED) is 0.573. The third-order valence-electron chi connectivity index (χ3n) is 1.84. The van der Waals surface area contributed by atoms with E-state index in [1.165, 1.54) is 6.66 Å². The molecule has 0 aliphatic carbocycles. The average Bonchev–Trinajstić information content (AvgIpc) is 2.10. The second kappa shape index (κ2) is 6.74. The largest absolute Gasteiger partial charge is 0.481 e. The van der Waals surface area contributed by atoms with Gasteiger partial charge in [-0.05, 0) is 6.92 Å². The Balaban J connectivity index is 4.39. The lowest BCUT2D eigenvalue weighted by Gasteiger charge is -2.19. The number of alkyl halides is 2. The summed E-state index contributed by atoms with van der Waals surface area (Å²) in [6.45, 7) is 3.11. The summed E-state index contributed by atoms with van der Waals surface area (Å²) in [7, 11) is -2.92. The van der Waals surface area contributed by atoms with Gasteiger partial charge in [-0.1, -0.05) is 0 Å². The number of carboxylic acid groups (broad SMARTS) is 1. The van der Waals surface area contributed by atoms with Crippen LogP contribution in [0, 0.1) is 5.92 Å². The first-order valence-corrected chi connectivity index (χ1v) is 7.67. The van der Waals surface area contributed by atoms with Gasteiger partial charge in [0.25, 0.3) is 0 Å². The molecule has 0 aliphatic heterocycles. The molecule has 90 valence electrons. The zero-order valence-corrected chi connectivity index (χ0v) is 11.1. The first-order chi connectivity index (χ1) is 6.80. The molecule has 0 saturated heterocycles. The van der Waals surface area contributed by atoms with Crippen LogP contribution in [0.4, 0.5) is 0 Å². The standard InChI is InChI=1S/C8H15Cl2O4P/c1-6(10)7(8(11)12)5-15(2,13)14-4-3-9/h6-7H,3-5H2,1-2H3,(H,11,12). The highest BCUT2D eigenvalue weighted by atomic mass is 35.5. The summed E-state index contributed by atoms with van der Waals surface area (Å²) in [6, 6.07) is 0. The molecular weight excluding hydrogens is 262 g/mol. The Morgan fingerprint density at radius 2 is 2.13 bits per heavy atom. The molecule has 0 rings (SSSR count). The van der Waals surface area contributed by atoms with Gasteiger partial charge in [-0.3, -0.25) is 9.36 Å². The smallest absolute Gasteiger partial charge is 0.308 e. The first kappa shape index (κ1) is 15.2. The molecule has 0 amide bonds. The SMILES string of the molecule is CC(Cl)C(CP(C)(=O)OCCCl)C(=O)O. The average molecular weight is 277 g/mol. The van der Waals surface area contributed by atoms with Gasteiger partial charge in [-0.25, -0.2) is 0 Å². The maximum atomic E-state index is 11.8. The van der Waals surface area contributed by atoms with Crippen LogP contribution in [0.3, 0.4) is 0 Å². The first-order valence-electron chi connectivity index (χ1n) is 4.44. The van der Waals surface area contributed by atoms with Crippen molar-refractivity contribution in [1.82, 2.24) is 0 Å². The maximum absolute atomic E-state index is 11.8. The third kappa shape index (κ3) is 6.41. The van der Waals surface area contributed by atoms with E-state index in [1.54, 1.807) is 6.92 Å². The molecule has 3 atom stereocenters. The summed E-state index contributed by atoms with van der Waals surface area (Å²) in [6.07, 6.45) is -0.0656. The van der Waals surface area contributed by atoms with Crippen molar-refractivity contribution in [1.29, 1.82) is 0 Å². The number of carbonyl (C=O) groups is 1. The normalized spacial score (nSPS) is 19.2. The van der Waals surface area contributed by atoms with E-state index in [0.717, 1.165) is 0 Å². The number of carboxylic acids is 1. The minimum absolute atomic E-state index is 0.0656. The molecule has 0 saturated carbocycles. The van der Waals surface area contributed by atoms with E-state index in [0.29, 0.717) is 0 Å². The highest BCUT2D eigenvalue weighted by Gasteiger charge is 2.31. The van der Waals surface area contributed by atoms with Crippen molar-refractivity contribution in [3.63, 3.8) is 0 Å². The van der Waals surface area contributed by atoms with Gasteiger partial charge in [0, 0.05) is 24.1 Å². The van der Waals surface area contributed by atoms with Gasteiger partial charge in [0.2, 0.25) is 7.37 Å². The topological polar surface area (TPSA) is 63.6 Å². The number of aliphatic carboxylic acids is 1. The van der Waals surface area contributed by atoms with E-state index in [-0.39, 0.29) is 18.6 Å². The van der Waals surface area contributed by atoms with Crippen molar-refractivity contribution in [2.75, 3.05) is 25.3 Å². The fraction of sp³-hybridized carbons (Fsp3) is 0.875. The predicted molar refractivity (Wildman–Crippen MR) is 61.5 cm³/mol. The molecule has 0 spiro atoms. The summed E-state index contributed by atoms with van der Waals surface area (Å²) in [5, 5.41) is 8.26. The molecule has 15 heavy (non-hydrogen) atoms. The van der Waals surface area contributed by atoms with Crippen LogP contribution in [-0.4, -0.2) is 41.8 Å². The molecule has 4 nitrogen and oxygen atoms in total. The molecule has 0 fully saturated rings. The van der Waals surface area contributed by atoms with Crippen LogP contribution in [0.2, 0.25) is 0 Å². The molecule has 3 unspecified atom stereocenters. The number of hydrogen-bond acceptors (Lipinski definition) is 3. The molecule has 0 aromatic heterocycles. The molecule has 0 aromatic rings. The van der Waals surface area contributed by atoms with Gasteiger partial charge in [0.05, 0.1) is 12.5 Å². The van der Waals surface area contributed by atoms with E-state index in [2.05, 4.69) is 0 Å². The number of hydrogen-bond donors (Lipinski definition) is 1. The monoisotopic (exact) mass is 276 g/mol. The Morgan fingerprint density at radius 3 is 2.47 bits per heavy atom. The van der Waals surface area contributed by atoms with Crippen LogP contribution < -0.4 is 0 Å². The van der Waals surface area contributed by atoms with Crippen molar-refractivity contribution in [3.05, 3.63) is 0 Å². The van der Waals surface area contributed by atoms with Gasteiger partial charge in [0.15, 0.2) is 0 Å². The van der Waals surface area contributed by atoms with Crippen molar-refractivity contribution in [3.8, 4) is 0 Å². The Hall–Kier alpha value is 0.240. The summed E-state index contributed by atoms with van der Waals surface area (Å²) < 4.78 is 16.8. The molecule has 0 aliphatic rings. The minimum Gasteiger partial charge on any atom is -0.481 e. The Labute approximate surface area is 99.3 Å². The highest BCUT2D eigenvalue weighted by Crippen LogP contribution is 2.45.